The highest BCUT2D eigenvalue weighted by atomic mass is 35.5. The quantitative estimate of drug-likeness (QED) is 0.819. The molecule has 0 amide bonds. The molecular weight excluding hydrogens is 236 g/mol. The van der Waals surface area contributed by atoms with Crippen molar-refractivity contribution in [2.24, 2.45) is 0 Å². The monoisotopic (exact) mass is 256 g/mol. The summed E-state index contributed by atoms with van der Waals surface area (Å²) in [4.78, 5) is 0. The van der Waals surface area contributed by atoms with Crippen LogP contribution in [0.5, 0.6) is 5.75 Å². The fourth-order valence-electron chi connectivity index (χ4n) is 1.49. The summed E-state index contributed by atoms with van der Waals surface area (Å²) in [6, 6.07) is 7.99. The lowest BCUT2D eigenvalue weighted by atomic mass is 10.1. The van der Waals surface area contributed by atoms with Gasteiger partial charge < -0.3 is 9.84 Å². The van der Waals surface area contributed by atoms with Crippen molar-refractivity contribution in [2.45, 2.75) is 45.3 Å². The second-order valence-corrected chi connectivity index (χ2v) is 5.51. The van der Waals surface area contributed by atoms with E-state index < -0.39 is 6.10 Å². The Kier molecular flexibility index (Phi) is 5.29. The largest absolute Gasteiger partial charge is 0.488 e. The molecule has 1 N–H and O–H groups in total. The number of rotatable bonds is 5. The van der Waals surface area contributed by atoms with Crippen molar-refractivity contribution >= 4 is 11.6 Å². The van der Waals surface area contributed by atoms with Crippen LogP contribution in [0.25, 0.3) is 0 Å². The summed E-state index contributed by atoms with van der Waals surface area (Å²) in [5, 5.41) is 9.37. The maximum atomic E-state index is 9.37. The molecule has 2 nitrogen and oxygen atoms in total. The first-order chi connectivity index (χ1) is 7.90. The summed E-state index contributed by atoms with van der Waals surface area (Å²) < 4.78 is 5.73. The average molecular weight is 257 g/mol. The van der Waals surface area contributed by atoms with Gasteiger partial charge in [0.25, 0.3) is 0 Å². The van der Waals surface area contributed by atoms with Crippen molar-refractivity contribution in [1.82, 2.24) is 0 Å². The van der Waals surface area contributed by atoms with Crippen LogP contribution in [0.4, 0.5) is 0 Å². The molecule has 0 radical (unpaired) electrons. The zero-order valence-corrected chi connectivity index (χ0v) is 11.5. The van der Waals surface area contributed by atoms with E-state index in [9.17, 15) is 5.11 Å². The number of alkyl halides is 1. The molecule has 0 aliphatic carbocycles. The summed E-state index contributed by atoms with van der Waals surface area (Å²) in [7, 11) is 0. The van der Waals surface area contributed by atoms with Crippen molar-refractivity contribution in [1.29, 1.82) is 0 Å². The molecule has 0 aliphatic heterocycles. The van der Waals surface area contributed by atoms with Gasteiger partial charge in [-0.15, -0.1) is 11.6 Å². The molecule has 0 saturated carbocycles. The zero-order valence-electron chi connectivity index (χ0n) is 10.7. The lowest BCUT2D eigenvalue weighted by molar-refractivity contribution is 0.131. The van der Waals surface area contributed by atoms with E-state index >= 15 is 0 Å². The number of hydrogen-bond donors (Lipinski definition) is 1. The van der Waals surface area contributed by atoms with Crippen LogP contribution in [0.3, 0.4) is 0 Å². The van der Waals surface area contributed by atoms with Crippen molar-refractivity contribution in [3.05, 3.63) is 29.8 Å². The van der Waals surface area contributed by atoms with Crippen molar-refractivity contribution in [3.8, 4) is 5.75 Å². The molecule has 0 spiro atoms. The minimum atomic E-state index is -0.415. The molecule has 96 valence electrons. The third-order valence-corrected chi connectivity index (χ3v) is 2.65. The van der Waals surface area contributed by atoms with E-state index in [0.29, 0.717) is 12.3 Å². The number of aliphatic hydroxyl groups is 1. The van der Waals surface area contributed by atoms with Gasteiger partial charge in [0.15, 0.2) is 0 Å². The smallest absolute Gasteiger partial charge is 0.120 e. The van der Waals surface area contributed by atoms with E-state index in [4.69, 9.17) is 16.3 Å². The average Bonchev–Trinajstić information content (AvgIpc) is 2.25. The Morgan fingerprint density at radius 3 is 2.29 bits per heavy atom. The molecule has 1 aromatic carbocycles. The lowest BCUT2D eigenvalue weighted by Crippen LogP contribution is -2.22. The van der Waals surface area contributed by atoms with Crippen LogP contribution in [0, 0.1) is 0 Å². The molecule has 17 heavy (non-hydrogen) atoms. The Morgan fingerprint density at radius 1 is 1.24 bits per heavy atom. The van der Waals surface area contributed by atoms with E-state index in [1.54, 1.807) is 0 Å². The van der Waals surface area contributed by atoms with Crippen molar-refractivity contribution < 1.29 is 9.84 Å². The third kappa shape index (κ3) is 5.94. The van der Waals surface area contributed by atoms with Crippen LogP contribution < -0.4 is 4.74 Å². The summed E-state index contributed by atoms with van der Waals surface area (Å²) in [6.07, 6.45) is 1.12. The summed E-state index contributed by atoms with van der Waals surface area (Å²) in [5.41, 5.74) is 1.02. The molecule has 0 bridgehead atoms. The Labute approximate surface area is 109 Å². The first-order valence-corrected chi connectivity index (χ1v) is 6.46. The molecule has 0 heterocycles. The standard InChI is InChI=1S/C14H21ClO2/c1-14(2,3)17-13-8-5-11(6-9-13)4-7-12(16)10-15/h5-6,8-9,12,16H,4,7,10H2,1-3H3. The van der Waals surface area contributed by atoms with E-state index in [-0.39, 0.29) is 5.60 Å². The van der Waals surface area contributed by atoms with Gasteiger partial charge in [0, 0.05) is 5.88 Å². The van der Waals surface area contributed by atoms with Gasteiger partial charge in [-0.2, -0.15) is 0 Å². The topological polar surface area (TPSA) is 29.5 Å². The Balaban J connectivity index is 2.50. The predicted octanol–water partition coefficient (Wildman–Crippen LogP) is 3.40. The normalized spacial score (nSPS) is 13.5. The van der Waals surface area contributed by atoms with Gasteiger partial charge in [-0.1, -0.05) is 12.1 Å². The van der Waals surface area contributed by atoms with Gasteiger partial charge >= 0.3 is 0 Å². The van der Waals surface area contributed by atoms with Gasteiger partial charge in [-0.25, -0.2) is 0 Å². The molecular formula is C14H21ClO2. The molecule has 1 unspecified atom stereocenters. The summed E-state index contributed by atoms with van der Waals surface area (Å²) in [5.74, 6) is 1.17. The molecule has 1 atom stereocenters. The van der Waals surface area contributed by atoms with E-state index in [1.165, 1.54) is 5.56 Å². The van der Waals surface area contributed by atoms with Crippen LogP contribution in [-0.2, 0) is 6.42 Å². The highest BCUT2D eigenvalue weighted by Gasteiger charge is 2.11. The molecule has 1 rings (SSSR count). The highest BCUT2D eigenvalue weighted by Crippen LogP contribution is 2.19. The Hall–Kier alpha value is -0.730. The van der Waals surface area contributed by atoms with Crippen molar-refractivity contribution in [2.75, 3.05) is 5.88 Å². The number of ether oxygens (including phenoxy) is 1. The van der Waals surface area contributed by atoms with Crippen LogP contribution in [0.2, 0.25) is 0 Å². The maximum absolute atomic E-state index is 9.37. The third-order valence-electron chi connectivity index (χ3n) is 2.29. The maximum Gasteiger partial charge on any atom is 0.120 e. The number of aryl methyl sites for hydroxylation is 1. The van der Waals surface area contributed by atoms with Crippen LogP contribution >= 0.6 is 11.6 Å². The minimum Gasteiger partial charge on any atom is -0.488 e. The fraction of sp³-hybridized carbons (Fsp3) is 0.571. The Morgan fingerprint density at radius 2 is 1.82 bits per heavy atom. The number of halogens is 1. The van der Waals surface area contributed by atoms with Gasteiger partial charge in [0.05, 0.1) is 6.10 Å². The summed E-state index contributed by atoms with van der Waals surface area (Å²) >= 11 is 5.55. The van der Waals surface area contributed by atoms with E-state index in [1.807, 2.05) is 45.0 Å². The zero-order chi connectivity index (χ0) is 12.9. The van der Waals surface area contributed by atoms with Crippen LogP contribution in [-0.4, -0.2) is 22.7 Å². The molecule has 1 aromatic rings. The first-order valence-electron chi connectivity index (χ1n) is 5.93. The molecule has 0 fully saturated rings. The number of benzene rings is 1. The minimum absolute atomic E-state index is 0.170. The van der Waals surface area contributed by atoms with Crippen LogP contribution in [0.15, 0.2) is 24.3 Å². The van der Waals surface area contributed by atoms with E-state index in [0.717, 1.165) is 12.2 Å². The highest BCUT2D eigenvalue weighted by molar-refractivity contribution is 6.18. The summed E-state index contributed by atoms with van der Waals surface area (Å²) in [6.45, 7) is 6.08. The van der Waals surface area contributed by atoms with Gasteiger partial charge in [0.2, 0.25) is 0 Å². The predicted molar refractivity (Wildman–Crippen MR) is 71.9 cm³/mol. The number of hydrogen-bond acceptors (Lipinski definition) is 2. The Bertz CT molecular complexity index is 327. The molecule has 0 aromatic heterocycles. The van der Waals surface area contributed by atoms with Crippen molar-refractivity contribution in [3.63, 3.8) is 0 Å². The second-order valence-electron chi connectivity index (χ2n) is 5.21. The van der Waals surface area contributed by atoms with Gasteiger partial charge in [0.1, 0.15) is 11.4 Å². The second kappa shape index (κ2) is 6.27. The van der Waals surface area contributed by atoms with E-state index in [2.05, 4.69) is 0 Å². The molecule has 3 heteroatoms. The molecule has 0 aliphatic rings. The lowest BCUT2D eigenvalue weighted by Gasteiger charge is -2.21. The SMILES string of the molecule is CC(C)(C)Oc1ccc(CCC(O)CCl)cc1. The fourth-order valence-corrected chi connectivity index (χ4v) is 1.64. The number of aliphatic hydroxyl groups excluding tert-OH is 1. The van der Waals surface area contributed by atoms with Gasteiger partial charge in [-0.3, -0.25) is 0 Å². The van der Waals surface area contributed by atoms with Gasteiger partial charge in [-0.05, 0) is 51.3 Å². The van der Waals surface area contributed by atoms with Crippen LogP contribution in [0.1, 0.15) is 32.8 Å². The first kappa shape index (κ1) is 14.3. The molecule has 0 saturated heterocycles.